The molecule has 0 bridgehead atoms. The number of carbonyl (C=O) groups is 1. The maximum atomic E-state index is 12.9. The fraction of sp³-hybridized carbons (Fsp3) is 0.345. The summed E-state index contributed by atoms with van der Waals surface area (Å²) in [5.74, 6) is 0.528. The topological polar surface area (TPSA) is 23.6 Å². The van der Waals surface area contributed by atoms with Crippen LogP contribution in [0.5, 0.6) is 0 Å². The van der Waals surface area contributed by atoms with Gasteiger partial charge in [-0.15, -0.1) is 0 Å². The van der Waals surface area contributed by atoms with Gasteiger partial charge in [0.2, 0.25) is 5.91 Å². The number of piperidine rings is 1. The van der Waals surface area contributed by atoms with E-state index in [1.165, 1.54) is 11.1 Å². The van der Waals surface area contributed by atoms with Crippen molar-refractivity contribution in [3.63, 3.8) is 0 Å². The van der Waals surface area contributed by atoms with Crippen LogP contribution in [0.2, 0.25) is 10.0 Å². The lowest BCUT2D eigenvalue weighted by atomic mass is 9.88. The number of nitrogens with zero attached hydrogens (tertiary/aromatic N) is 2. The van der Waals surface area contributed by atoms with Crippen molar-refractivity contribution >= 4 is 29.1 Å². The number of likely N-dealkylation sites (tertiary alicyclic amines) is 1. The molecule has 1 heterocycles. The Morgan fingerprint density at radius 1 is 0.912 bits per heavy atom. The minimum atomic E-state index is 0.130. The summed E-state index contributed by atoms with van der Waals surface area (Å²) in [6.07, 6.45) is 3.45. The van der Waals surface area contributed by atoms with Gasteiger partial charge in [-0.3, -0.25) is 4.79 Å². The Bertz CT molecular complexity index is 1030. The molecule has 0 aromatic heterocycles. The molecule has 1 aliphatic rings. The van der Waals surface area contributed by atoms with E-state index in [2.05, 4.69) is 65.6 Å². The summed E-state index contributed by atoms with van der Waals surface area (Å²) in [5, 5.41) is 1.01. The van der Waals surface area contributed by atoms with Gasteiger partial charge < -0.3 is 9.80 Å². The summed E-state index contributed by atoms with van der Waals surface area (Å²) < 4.78 is 0. The fourth-order valence-corrected chi connectivity index (χ4v) is 5.21. The lowest BCUT2D eigenvalue weighted by Gasteiger charge is -2.37. The van der Waals surface area contributed by atoms with Crippen LogP contribution in [0.4, 0.5) is 0 Å². The standard InChI is InChI=1S/C29H32Cl2N2O/c1-32(29(34)21-22-12-13-27(30)28(31)20-22)25-14-17-33(18-15-25)19-16-26(23-8-4-2-5-9-23)24-10-6-3-7-11-24/h2-13,20,25-26H,14-19,21H2,1H3. The summed E-state index contributed by atoms with van der Waals surface area (Å²) in [5.41, 5.74) is 3.64. The molecular weight excluding hydrogens is 463 g/mol. The molecule has 0 saturated carbocycles. The van der Waals surface area contributed by atoms with Crippen LogP contribution in [0.1, 0.15) is 41.9 Å². The SMILES string of the molecule is CN(C(=O)Cc1ccc(Cl)c(Cl)c1)C1CCN(CCC(c2ccccc2)c2ccccc2)CC1. The fourth-order valence-electron chi connectivity index (χ4n) is 4.89. The monoisotopic (exact) mass is 494 g/mol. The van der Waals surface area contributed by atoms with Crippen LogP contribution in [-0.2, 0) is 11.2 Å². The Kier molecular flexibility index (Phi) is 8.66. The summed E-state index contributed by atoms with van der Waals surface area (Å²) in [7, 11) is 1.93. The van der Waals surface area contributed by atoms with Crippen molar-refractivity contribution in [3.05, 3.63) is 106 Å². The lowest BCUT2D eigenvalue weighted by molar-refractivity contribution is -0.132. The minimum absolute atomic E-state index is 0.130. The Balaban J connectivity index is 1.29. The molecule has 0 spiro atoms. The summed E-state index contributed by atoms with van der Waals surface area (Å²) in [4.78, 5) is 17.3. The van der Waals surface area contributed by atoms with Crippen LogP contribution in [0.3, 0.4) is 0 Å². The highest BCUT2D eigenvalue weighted by molar-refractivity contribution is 6.42. The molecule has 0 unspecified atom stereocenters. The molecular formula is C29H32Cl2N2O. The Morgan fingerprint density at radius 3 is 2.06 bits per heavy atom. The normalized spacial score (nSPS) is 14.9. The van der Waals surface area contributed by atoms with Gasteiger partial charge in [0.15, 0.2) is 0 Å². The number of amides is 1. The first-order valence-corrected chi connectivity index (χ1v) is 12.8. The first-order valence-electron chi connectivity index (χ1n) is 12.0. The molecule has 3 aromatic rings. The first-order chi connectivity index (χ1) is 16.5. The maximum Gasteiger partial charge on any atom is 0.226 e. The highest BCUT2D eigenvalue weighted by Crippen LogP contribution is 2.29. The zero-order chi connectivity index (χ0) is 23.9. The van der Waals surface area contributed by atoms with Crippen LogP contribution < -0.4 is 0 Å². The molecule has 1 amide bonds. The van der Waals surface area contributed by atoms with Gasteiger partial charge in [-0.25, -0.2) is 0 Å². The van der Waals surface area contributed by atoms with Gasteiger partial charge in [0.25, 0.3) is 0 Å². The molecule has 3 nitrogen and oxygen atoms in total. The molecule has 0 N–H and O–H groups in total. The predicted molar refractivity (Wildman–Crippen MR) is 142 cm³/mol. The molecule has 5 heteroatoms. The molecule has 1 aliphatic heterocycles. The second kappa shape index (κ2) is 11.9. The summed E-state index contributed by atoms with van der Waals surface area (Å²) in [6.45, 7) is 3.10. The van der Waals surface area contributed by atoms with Gasteiger partial charge in [0, 0.05) is 32.1 Å². The Morgan fingerprint density at radius 2 is 1.50 bits per heavy atom. The molecule has 1 saturated heterocycles. The van der Waals surface area contributed by atoms with E-state index >= 15 is 0 Å². The second-order valence-electron chi connectivity index (χ2n) is 9.17. The van der Waals surface area contributed by atoms with Crippen molar-refractivity contribution in [3.8, 4) is 0 Å². The van der Waals surface area contributed by atoms with Crippen molar-refractivity contribution in [2.75, 3.05) is 26.7 Å². The number of rotatable bonds is 8. The molecule has 178 valence electrons. The van der Waals surface area contributed by atoms with Crippen molar-refractivity contribution in [2.45, 2.75) is 37.6 Å². The number of benzene rings is 3. The van der Waals surface area contributed by atoms with Gasteiger partial charge in [-0.1, -0.05) is 89.9 Å². The second-order valence-corrected chi connectivity index (χ2v) is 9.98. The third kappa shape index (κ3) is 6.41. The molecule has 0 aliphatic carbocycles. The third-order valence-electron chi connectivity index (χ3n) is 6.98. The smallest absolute Gasteiger partial charge is 0.226 e. The van der Waals surface area contributed by atoms with Crippen molar-refractivity contribution in [1.29, 1.82) is 0 Å². The van der Waals surface area contributed by atoms with E-state index in [-0.39, 0.29) is 11.9 Å². The van der Waals surface area contributed by atoms with Crippen molar-refractivity contribution in [2.24, 2.45) is 0 Å². The Hall–Kier alpha value is -2.33. The highest BCUT2D eigenvalue weighted by atomic mass is 35.5. The number of hydrogen-bond acceptors (Lipinski definition) is 2. The van der Waals surface area contributed by atoms with E-state index in [4.69, 9.17) is 23.2 Å². The quantitative estimate of drug-likeness (QED) is 0.348. The van der Waals surface area contributed by atoms with Crippen molar-refractivity contribution < 1.29 is 4.79 Å². The number of likely N-dealkylation sites (N-methyl/N-ethyl adjacent to an activating group) is 1. The molecule has 0 atom stereocenters. The first kappa shape index (κ1) is 24.8. The van der Waals surface area contributed by atoms with E-state index in [1.807, 2.05) is 18.0 Å². The average molecular weight is 495 g/mol. The lowest BCUT2D eigenvalue weighted by Crippen LogP contribution is -2.46. The van der Waals surface area contributed by atoms with Gasteiger partial charge in [-0.05, 0) is 54.6 Å². The van der Waals surface area contributed by atoms with E-state index < -0.39 is 0 Å². The van der Waals surface area contributed by atoms with Gasteiger partial charge in [-0.2, -0.15) is 0 Å². The molecule has 1 fully saturated rings. The predicted octanol–water partition coefficient (Wildman–Crippen LogP) is 6.68. The zero-order valence-corrected chi connectivity index (χ0v) is 21.2. The number of hydrogen-bond donors (Lipinski definition) is 0. The maximum absolute atomic E-state index is 12.9. The molecule has 4 rings (SSSR count). The molecule has 3 aromatic carbocycles. The van der Waals surface area contributed by atoms with E-state index in [1.54, 1.807) is 12.1 Å². The van der Waals surface area contributed by atoms with E-state index in [0.29, 0.717) is 22.4 Å². The van der Waals surface area contributed by atoms with E-state index in [9.17, 15) is 4.79 Å². The van der Waals surface area contributed by atoms with Gasteiger partial charge in [0.05, 0.1) is 16.5 Å². The summed E-state index contributed by atoms with van der Waals surface area (Å²) >= 11 is 12.1. The van der Waals surface area contributed by atoms with Crippen LogP contribution in [0, 0.1) is 0 Å². The highest BCUT2D eigenvalue weighted by Gasteiger charge is 2.26. The van der Waals surface area contributed by atoms with Crippen molar-refractivity contribution in [1.82, 2.24) is 9.80 Å². The Labute approximate surface area is 213 Å². The summed E-state index contributed by atoms with van der Waals surface area (Å²) in [6, 6.07) is 27.3. The minimum Gasteiger partial charge on any atom is -0.342 e. The van der Waals surface area contributed by atoms with Gasteiger partial charge >= 0.3 is 0 Å². The molecule has 0 radical (unpaired) electrons. The van der Waals surface area contributed by atoms with Gasteiger partial charge in [0.1, 0.15) is 0 Å². The molecule has 34 heavy (non-hydrogen) atoms. The van der Waals surface area contributed by atoms with Crippen LogP contribution in [0.25, 0.3) is 0 Å². The number of halogens is 2. The van der Waals surface area contributed by atoms with Crippen LogP contribution in [0.15, 0.2) is 78.9 Å². The number of carbonyl (C=O) groups excluding carboxylic acids is 1. The third-order valence-corrected chi connectivity index (χ3v) is 7.71. The van der Waals surface area contributed by atoms with E-state index in [0.717, 1.165) is 44.5 Å². The van der Waals surface area contributed by atoms with Crippen LogP contribution >= 0.6 is 23.2 Å². The largest absolute Gasteiger partial charge is 0.342 e. The van der Waals surface area contributed by atoms with Crippen LogP contribution in [-0.4, -0.2) is 48.4 Å². The average Bonchev–Trinajstić information content (AvgIpc) is 2.87. The zero-order valence-electron chi connectivity index (χ0n) is 19.7.